The fourth-order valence-electron chi connectivity index (χ4n) is 1.25. The van der Waals surface area contributed by atoms with Crippen molar-refractivity contribution < 1.29 is 9.13 Å². The molecule has 0 aliphatic heterocycles. The molecule has 0 unspecified atom stereocenters. The summed E-state index contributed by atoms with van der Waals surface area (Å²) in [5.74, 6) is -0.229. The maximum Gasteiger partial charge on any atom is 0.123 e. The van der Waals surface area contributed by atoms with Gasteiger partial charge in [-0.2, -0.15) is 0 Å². The first-order chi connectivity index (χ1) is 7.29. The van der Waals surface area contributed by atoms with Crippen LogP contribution in [0.3, 0.4) is 0 Å². The standard InChI is InChI=1S/C11H10FNOS/c1-14-6-10-7-15-11(13-10)8-2-4-9(12)5-3-8/h2-5,7H,6H2,1H3. The zero-order valence-electron chi connectivity index (χ0n) is 8.24. The molecule has 0 bridgehead atoms. The fourth-order valence-corrected chi connectivity index (χ4v) is 2.06. The molecule has 2 aromatic rings. The van der Waals surface area contributed by atoms with E-state index in [2.05, 4.69) is 4.98 Å². The molecule has 1 aromatic heterocycles. The predicted octanol–water partition coefficient (Wildman–Crippen LogP) is 3.10. The van der Waals surface area contributed by atoms with Crippen LogP contribution in [0.1, 0.15) is 5.69 Å². The first-order valence-corrected chi connectivity index (χ1v) is 5.37. The molecule has 2 nitrogen and oxygen atoms in total. The van der Waals surface area contributed by atoms with E-state index in [1.165, 1.54) is 23.5 Å². The lowest BCUT2D eigenvalue weighted by Gasteiger charge is -1.95. The van der Waals surface area contributed by atoms with Gasteiger partial charge in [-0.05, 0) is 24.3 Å². The van der Waals surface area contributed by atoms with Gasteiger partial charge in [0.2, 0.25) is 0 Å². The predicted molar refractivity (Wildman–Crippen MR) is 58.2 cm³/mol. The SMILES string of the molecule is COCc1csc(-c2ccc(F)cc2)n1. The van der Waals surface area contributed by atoms with Crippen molar-refractivity contribution in [3.05, 3.63) is 41.2 Å². The minimum absolute atomic E-state index is 0.229. The Kier molecular flexibility index (Phi) is 3.08. The summed E-state index contributed by atoms with van der Waals surface area (Å²) in [6, 6.07) is 6.33. The molecule has 15 heavy (non-hydrogen) atoms. The summed E-state index contributed by atoms with van der Waals surface area (Å²) < 4.78 is 17.7. The highest BCUT2D eigenvalue weighted by atomic mass is 32.1. The van der Waals surface area contributed by atoms with E-state index >= 15 is 0 Å². The highest BCUT2D eigenvalue weighted by molar-refractivity contribution is 7.13. The van der Waals surface area contributed by atoms with E-state index in [-0.39, 0.29) is 5.82 Å². The molecule has 0 saturated heterocycles. The van der Waals surface area contributed by atoms with E-state index in [0.29, 0.717) is 6.61 Å². The molecule has 78 valence electrons. The van der Waals surface area contributed by atoms with Gasteiger partial charge >= 0.3 is 0 Å². The minimum Gasteiger partial charge on any atom is -0.378 e. The van der Waals surface area contributed by atoms with Crippen LogP contribution in [0.2, 0.25) is 0 Å². The zero-order valence-corrected chi connectivity index (χ0v) is 9.05. The molecule has 2 rings (SSSR count). The number of hydrogen-bond donors (Lipinski definition) is 0. The van der Waals surface area contributed by atoms with Gasteiger partial charge in [0.05, 0.1) is 12.3 Å². The third-order valence-corrected chi connectivity index (χ3v) is 2.88. The molecule has 0 amide bonds. The highest BCUT2D eigenvalue weighted by Gasteiger charge is 2.04. The Morgan fingerprint density at radius 3 is 2.73 bits per heavy atom. The van der Waals surface area contributed by atoms with E-state index in [1.54, 1.807) is 19.2 Å². The number of nitrogens with zero attached hydrogens (tertiary/aromatic N) is 1. The van der Waals surface area contributed by atoms with Crippen molar-refractivity contribution in [3.63, 3.8) is 0 Å². The van der Waals surface area contributed by atoms with E-state index in [1.807, 2.05) is 5.38 Å². The Labute approximate surface area is 91.4 Å². The van der Waals surface area contributed by atoms with Crippen molar-refractivity contribution in [2.24, 2.45) is 0 Å². The Morgan fingerprint density at radius 1 is 1.33 bits per heavy atom. The average Bonchev–Trinajstić information content (AvgIpc) is 2.68. The molecule has 0 N–H and O–H groups in total. The second kappa shape index (κ2) is 4.51. The smallest absolute Gasteiger partial charge is 0.123 e. The van der Waals surface area contributed by atoms with Crippen LogP contribution in [0.15, 0.2) is 29.6 Å². The summed E-state index contributed by atoms with van der Waals surface area (Å²) in [4.78, 5) is 4.37. The summed E-state index contributed by atoms with van der Waals surface area (Å²) in [6.07, 6.45) is 0. The summed E-state index contributed by atoms with van der Waals surface area (Å²) in [6.45, 7) is 0.512. The first-order valence-electron chi connectivity index (χ1n) is 4.49. The summed E-state index contributed by atoms with van der Waals surface area (Å²) in [7, 11) is 1.64. The van der Waals surface area contributed by atoms with Crippen LogP contribution in [0.25, 0.3) is 10.6 Å². The maximum atomic E-state index is 12.7. The number of ether oxygens (including phenoxy) is 1. The Balaban J connectivity index is 2.25. The molecule has 1 heterocycles. The normalized spacial score (nSPS) is 10.5. The van der Waals surface area contributed by atoms with Crippen LogP contribution in [0, 0.1) is 5.82 Å². The van der Waals surface area contributed by atoms with Crippen molar-refractivity contribution in [1.29, 1.82) is 0 Å². The highest BCUT2D eigenvalue weighted by Crippen LogP contribution is 2.23. The van der Waals surface area contributed by atoms with Gasteiger partial charge in [0.25, 0.3) is 0 Å². The lowest BCUT2D eigenvalue weighted by molar-refractivity contribution is 0.182. The van der Waals surface area contributed by atoms with E-state index in [0.717, 1.165) is 16.3 Å². The third kappa shape index (κ3) is 2.40. The number of aromatic nitrogens is 1. The topological polar surface area (TPSA) is 22.1 Å². The maximum absolute atomic E-state index is 12.7. The molecule has 0 saturated carbocycles. The third-order valence-electron chi connectivity index (χ3n) is 1.94. The van der Waals surface area contributed by atoms with Crippen molar-refractivity contribution in [3.8, 4) is 10.6 Å². The molecule has 1 aromatic carbocycles. The number of halogens is 1. The lowest BCUT2D eigenvalue weighted by Crippen LogP contribution is -1.87. The van der Waals surface area contributed by atoms with Gasteiger partial charge in [-0.3, -0.25) is 0 Å². The molecule has 0 radical (unpaired) electrons. The summed E-state index contributed by atoms with van der Waals surface area (Å²) in [5, 5.41) is 2.84. The molecule has 0 atom stereocenters. The second-order valence-electron chi connectivity index (χ2n) is 3.08. The fraction of sp³-hybridized carbons (Fsp3) is 0.182. The van der Waals surface area contributed by atoms with Gasteiger partial charge < -0.3 is 4.74 Å². The van der Waals surface area contributed by atoms with Crippen molar-refractivity contribution in [2.45, 2.75) is 6.61 Å². The number of thiazole rings is 1. The monoisotopic (exact) mass is 223 g/mol. The van der Waals surface area contributed by atoms with Crippen LogP contribution in [0.4, 0.5) is 4.39 Å². The Morgan fingerprint density at radius 2 is 2.07 bits per heavy atom. The molecule has 4 heteroatoms. The van der Waals surface area contributed by atoms with E-state index in [4.69, 9.17) is 4.74 Å². The van der Waals surface area contributed by atoms with Crippen LogP contribution in [-0.4, -0.2) is 12.1 Å². The second-order valence-corrected chi connectivity index (χ2v) is 3.94. The largest absolute Gasteiger partial charge is 0.378 e. The van der Waals surface area contributed by atoms with E-state index in [9.17, 15) is 4.39 Å². The molecular formula is C11H10FNOS. The molecule has 0 aliphatic rings. The lowest BCUT2D eigenvalue weighted by atomic mass is 10.2. The molecule has 0 fully saturated rings. The van der Waals surface area contributed by atoms with Gasteiger partial charge in [0, 0.05) is 18.1 Å². The Bertz CT molecular complexity index is 438. The van der Waals surface area contributed by atoms with Crippen LogP contribution in [-0.2, 0) is 11.3 Å². The average molecular weight is 223 g/mol. The number of hydrogen-bond acceptors (Lipinski definition) is 3. The molecular weight excluding hydrogens is 213 g/mol. The van der Waals surface area contributed by atoms with E-state index < -0.39 is 0 Å². The number of rotatable bonds is 3. The molecule has 0 aliphatic carbocycles. The van der Waals surface area contributed by atoms with Crippen LogP contribution >= 0.6 is 11.3 Å². The first kappa shape index (κ1) is 10.3. The van der Waals surface area contributed by atoms with Gasteiger partial charge in [-0.25, -0.2) is 9.37 Å². The van der Waals surface area contributed by atoms with Crippen LogP contribution in [0.5, 0.6) is 0 Å². The van der Waals surface area contributed by atoms with Crippen molar-refractivity contribution in [1.82, 2.24) is 4.98 Å². The molecule has 0 spiro atoms. The number of methoxy groups -OCH3 is 1. The van der Waals surface area contributed by atoms with Crippen molar-refractivity contribution >= 4 is 11.3 Å². The number of benzene rings is 1. The summed E-state index contributed by atoms with van der Waals surface area (Å²) in [5.41, 5.74) is 1.84. The van der Waals surface area contributed by atoms with Gasteiger partial charge in [-0.15, -0.1) is 11.3 Å². The minimum atomic E-state index is -0.229. The quantitative estimate of drug-likeness (QED) is 0.797. The van der Waals surface area contributed by atoms with Gasteiger partial charge in [0.1, 0.15) is 10.8 Å². The zero-order chi connectivity index (χ0) is 10.7. The summed E-state index contributed by atoms with van der Waals surface area (Å²) >= 11 is 1.53. The van der Waals surface area contributed by atoms with Gasteiger partial charge in [-0.1, -0.05) is 0 Å². The van der Waals surface area contributed by atoms with Crippen molar-refractivity contribution in [2.75, 3.05) is 7.11 Å². The van der Waals surface area contributed by atoms with Gasteiger partial charge in [0.15, 0.2) is 0 Å². The Hall–Kier alpha value is -1.26. The van der Waals surface area contributed by atoms with Crippen LogP contribution < -0.4 is 0 Å².